The molecule has 0 fully saturated rings. The van der Waals surface area contributed by atoms with Gasteiger partial charge in [-0.2, -0.15) is 0 Å². The molecule has 0 aromatic rings. The van der Waals surface area contributed by atoms with Crippen LogP contribution in [0.25, 0.3) is 0 Å². The molecular weight excluding hydrogens is 144 g/mol. The topological polar surface area (TPSA) is 0 Å². The standard InChI is InChI=1S/2C4H10.C4H8.H2/c3*1-3-4-2;/h2*3-4H2,1-2H3;3-4H,1-2H3;1H. The number of hydrogen-bond acceptors (Lipinski definition) is 0. The Labute approximate surface area is 81.6 Å². The molecule has 0 aliphatic heterocycles. The first kappa shape index (κ1) is 17.7. The Bertz CT molecular complexity index is 46.1. The number of hydrogen-bond donors (Lipinski definition) is 0. The van der Waals surface area contributed by atoms with Crippen LogP contribution >= 0.6 is 0 Å². The van der Waals surface area contributed by atoms with Crippen molar-refractivity contribution in [1.82, 2.24) is 0 Å². The lowest BCUT2D eigenvalue weighted by Crippen LogP contribution is -1.47. The first-order valence-electron chi connectivity index (χ1n) is 5.32. The molecule has 0 aromatic carbocycles. The Morgan fingerprint density at radius 2 is 0.833 bits per heavy atom. The van der Waals surface area contributed by atoms with Gasteiger partial charge in [0.1, 0.15) is 0 Å². The van der Waals surface area contributed by atoms with Crippen LogP contribution in [0, 0.1) is 0 Å². The summed E-state index contributed by atoms with van der Waals surface area (Å²) in [4.78, 5) is 0. The van der Waals surface area contributed by atoms with E-state index >= 15 is 0 Å². The van der Waals surface area contributed by atoms with E-state index in [-0.39, 0.29) is 1.43 Å². The third kappa shape index (κ3) is 99.1. The van der Waals surface area contributed by atoms with Gasteiger partial charge < -0.3 is 0 Å². The molecule has 0 aromatic heterocycles. The molecular formula is C12H30. The molecule has 0 heterocycles. The minimum Gasteiger partial charge on any atom is -0.0919 e. The van der Waals surface area contributed by atoms with Gasteiger partial charge in [-0.3, -0.25) is 0 Å². The predicted octanol–water partition coefficient (Wildman–Crippen LogP) is 5.44. The van der Waals surface area contributed by atoms with Gasteiger partial charge in [0.05, 0.1) is 0 Å². The molecule has 0 amide bonds. The highest BCUT2D eigenvalue weighted by Crippen LogP contribution is 1.77. The third-order valence-corrected chi connectivity index (χ3v) is 1.33. The summed E-state index contributed by atoms with van der Waals surface area (Å²) in [6, 6.07) is 0. The molecule has 0 aliphatic carbocycles. The molecule has 0 N–H and O–H groups in total. The maximum absolute atomic E-state index is 2.18. The molecule has 0 bridgehead atoms. The number of unbranched alkanes of at least 4 members (excludes halogenated alkanes) is 2. The summed E-state index contributed by atoms with van der Waals surface area (Å²) < 4.78 is 0. The van der Waals surface area contributed by atoms with Crippen LogP contribution in [0.2, 0.25) is 0 Å². The van der Waals surface area contributed by atoms with Gasteiger partial charge in [-0.25, -0.2) is 0 Å². The summed E-state index contributed by atoms with van der Waals surface area (Å²) in [5.74, 6) is 0. The molecule has 0 unspecified atom stereocenters. The van der Waals surface area contributed by atoms with E-state index in [0.717, 1.165) is 0 Å². The summed E-state index contributed by atoms with van der Waals surface area (Å²) in [6.07, 6.45) is 9.28. The second kappa shape index (κ2) is 30.9. The van der Waals surface area contributed by atoms with Gasteiger partial charge >= 0.3 is 0 Å². The van der Waals surface area contributed by atoms with Gasteiger partial charge in [0.15, 0.2) is 0 Å². The van der Waals surface area contributed by atoms with Crippen molar-refractivity contribution in [3.05, 3.63) is 12.2 Å². The predicted molar refractivity (Wildman–Crippen MR) is 63.8 cm³/mol. The lowest BCUT2D eigenvalue weighted by Gasteiger charge is -1.68. The van der Waals surface area contributed by atoms with Crippen LogP contribution in [-0.2, 0) is 0 Å². The normalized spacial score (nSPS) is 8.17. The average molecular weight is 174 g/mol. The largest absolute Gasteiger partial charge is 0.0919 e. The second-order valence-electron chi connectivity index (χ2n) is 2.67. The van der Waals surface area contributed by atoms with Crippen molar-refractivity contribution in [2.24, 2.45) is 0 Å². The minimum absolute atomic E-state index is 0. The summed E-state index contributed by atoms with van der Waals surface area (Å²) >= 11 is 0. The Balaban J connectivity index is -0.0000000450. The van der Waals surface area contributed by atoms with Gasteiger partial charge in [0.25, 0.3) is 0 Å². The molecule has 0 spiro atoms. The van der Waals surface area contributed by atoms with E-state index in [1.165, 1.54) is 25.7 Å². The summed E-state index contributed by atoms with van der Waals surface area (Å²) in [5, 5.41) is 0. The van der Waals surface area contributed by atoms with Gasteiger partial charge in [0, 0.05) is 1.43 Å². The number of rotatable bonds is 2. The van der Waals surface area contributed by atoms with E-state index in [2.05, 4.69) is 27.7 Å². The first-order valence-corrected chi connectivity index (χ1v) is 5.32. The molecule has 0 nitrogen and oxygen atoms in total. The smallest absolute Gasteiger partial charge is 0 e. The van der Waals surface area contributed by atoms with Gasteiger partial charge in [0.2, 0.25) is 0 Å². The monoisotopic (exact) mass is 174 g/mol. The zero-order chi connectivity index (χ0) is 10.2. The lowest BCUT2D eigenvalue weighted by molar-refractivity contribution is 0.886. The van der Waals surface area contributed by atoms with Crippen LogP contribution in [0.5, 0.6) is 0 Å². The second-order valence-corrected chi connectivity index (χ2v) is 2.67. The van der Waals surface area contributed by atoms with Crippen molar-refractivity contribution in [2.45, 2.75) is 67.2 Å². The van der Waals surface area contributed by atoms with Crippen LogP contribution in [-0.4, -0.2) is 0 Å². The van der Waals surface area contributed by atoms with Crippen LogP contribution in [0.1, 0.15) is 68.7 Å². The van der Waals surface area contributed by atoms with Crippen LogP contribution < -0.4 is 0 Å². The maximum Gasteiger partial charge on any atom is 0 e. The molecule has 0 saturated heterocycles. The molecule has 0 saturated carbocycles. The average Bonchev–Trinajstić information content (AvgIpc) is 2.18. The van der Waals surface area contributed by atoms with E-state index in [1.807, 2.05) is 26.0 Å². The highest BCUT2D eigenvalue weighted by Gasteiger charge is 1.56. The Morgan fingerprint density at radius 3 is 0.833 bits per heavy atom. The van der Waals surface area contributed by atoms with Gasteiger partial charge in [-0.15, -0.1) is 0 Å². The zero-order valence-electron chi connectivity index (χ0n) is 9.98. The zero-order valence-corrected chi connectivity index (χ0v) is 9.98. The van der Waals surface area contributed by atoms with E-state index in [4.69, 9.17) is 0 Å². The quantitative estimate of drug-likeness (QED) is 0.489. The van der Waals surface area contributed by atoms with Gasteiger partial charge in [-0.05, 0) is 13.8 Å². The highest BCUT2D eigenvalue weighted by atomic mass is 13.6. The van der Waals surface area contributed by atoms with Crippen LogP contribution in [0.3, 0.4) is 0 Å². The van der Waals surface area contributed by atoms with E-state index in [0.29, 0.717) is 0 Å². The minimum atomic E-state index is 0. The van der Waals surface area contributed by atoms with Crippen LogP contribution in [0.15, 0.2) is 12.2 Å². The Kier molecular flexibility index (Phi) is 45.7. The summed E-state index contributed by atoms with van der Waals surface area (Å²) in [5.41, 5.74) is 0. The fraction of sp³-hybridized carbons (Fsp3) is 0.833. The molecule has 0 rings (SSSR count). The molecule has 12 heavy (non-hydrogen) atoms. The Morgan fingerprint density at radius 1 is 0.667 bits per heavy atom. The number of allylic oxidation sites excluding steroid dienone is 2. The van der Waals surface area contributed by atoms with Crippen molar-refractivity contribution in [3.63, 3.8) is 0 Å². The molecule has 0 aliphatic rings. The molecule has 0 heteroatoms. The Hall–Kier alpha value is -0.260. The first-order chi connectivity index (χ1) is 5.74. The fourth-order valence-electron chi connectivity index (χ4n) is 0. The van der Waals surface area contributed by atoms with Crippen molar-refractivity contribution in [2.75, 3.05) is 0 Å². The van der Waals surface area contributed by atoms with Gasteiger partial charge in [-0.1, -0.05) is 65.5 Å². The van der Waals surface area contributed by atoms with Crippen molar-refractivity contribution in [1.29, 1.82) is 0 Å². The SMILES string of the molecule is CC=CC.CCCC.CCCC.[HH]. The highest BCUT2D eigenvalue weighted by molar-refractivity contribution is 4.68. The van der Waals surface area contributed by atoms with Crippen molar-refractivity contribution in [3.8, 4) is 0 Å². The fourth-order valence-corrected chi connectivity index (χ4v) is 0. The van der Waals surface area contributed by atoms with Crippen molar-refractivity contribution < 1.29 is 1.43 Å². The summed E-state index contributed by atoms with van der Waals surface area (Å²) in [6.45, 7) is 12.7. The van der Waals surface area contributed by atoms with Crippen LogP contribution in [0.4, 0.5) is 0 Å². The van der Waals surface area contributed by atoms with E-state index < -0.39 is 0 Å². The van der Waals surface area contributed by atoms with Crippen molar-refractivity contribution >= 4 is 0 Å². The van der Waals surface area contributed by atoms with E-state index in [1.54, 1.807) is 0 Å². The summed E-state index contributed by atoms with van der Waals surface area (Å²) in [7, 11) is 0. The third-order valence-electron chi connectivity index (χ3n) is 1.33. The molecule has 78 valence electrons. The lowest BCUT2D eigenvalue weighted by atomic mass is 10.4. The maximum atomic E-state index is 2.18. The molecule has 0 atom stereocenters. The van der Waals surface area contributed by atoms with E-state index in [9.17, 15) is 0 Å². The molecule has 0 radical (unpaired) electrons.